The first-order chi connectivity index (χ1) is 15.5. The van der Waals surface area contributed by atoms with Gasteiger partial charge in [-0.3, -0.25) is 9.59 Å². The van der Waals surface area contributed by atoms with Gasteiger partial charge in [-0.2, -0.15) is 0 Å². The number of hydrogen-bond donors (Lipinski definition) is 0. The van der Waals surface area contributed by atoms with Crippen molar-refractivity contribution in [3.63, 3.8) is 0 Å². The van der Waals surface area contributed by atoms with Crippen LogP contribution in [0.4, 0.5) is 5.69 Å². The number of ether oxygens (including phenoxy) is 2. The molecule has 7 heteroatoms. The van der Waals surface area contributed by atoms with Crippen molar-refractivity contribution < 1.29 is 28.7 Å². The molecule has 0 saturated carbocycles. The molecule has 1 saturated heterocycles. The van der Waals surface area contributed by atoms with Crippen molar-refractivity contribution in [2.45, 2.75) is 19.1 Å². The van der Waals surface area contributed by atoms with Gasteiger partial charge in [0.05, 0.1) is 16.8 Å². The van der Waals surface area contributed by atoms with Crippen LogP contribution >= 0.6 is 0 Å². The molecule has 0 radical (unpaired) electrons. The molecule has 3 aromatic rings. The highest BCUT2D eigenvalue weighted by molar-refractivity contribution is 6.25. The number of anilines is 1. The molecule has 160 valence electrons. The Balaban J connectivity index is 1.66. The number of esters is 2. The molecule has 0 unspecified atom stereocenters. The quantitative estimate of drug-likeness (QED) is 0.457. The minimum Gasteiger partial charge on any atom is -0.444 e. The number of nitrogens with zero attached hydrogens (tertiary/aromatic N) is 1. The molecule has 1 fully saturated rings. The maximum absolute atomic E-state index is 13.2. The van der Waals surface area contributed by atoms with Crippen LogP contribution in [-0.4, -0.2) is 36.0 Å². The molecule has 1 aliphatic rings. The lowest BCUT2D eigenvalue weighted by molar-refractivity contribution is -0.130. The second-order valence-electron chi connectivity index (χ2n) is 7.23. The Bertz CT molecular complexity index is 1100. The van der Waals surface area contributed by atoms with Gasteiger partial charge in [0.1, 0.15) is 0 Å². The summed E-state index contributed by atoms with van der Waals surface area (Å²) in [5.41, 5.74) is 1.54. The van der Waals surface area contributed by atoms with Gasteiger partial charge in [0.15, 0.2) is 0 Å². The summed E-state index contributed by atoms with van der Waals surface area (Å²) in [7, 11) is 0. The molecule has 4 rings (SSSR count). The Kier molecular flexibility index (Phi) is 5.81. The second-order valence-corrected chi connectivity index (χ2v) is 7.23. The van der Waals surface area contributed by atoms with E-state index in [0.717, 1.165) is 10.5 Å². The van der Waals surface area contributed by atoms with Crippen LogP contribution in [0, 0.1) is 6.92 Å². The summed E-state index contributed by atoms with van der Waals surface area (Å²) in [6.07, 6.45) is -3.22. The molecule has 0 aliphatic carbocycles. The zero-order valence-corrected chi connectivity index (χ0v) is 17.1. The summed E-state index contributed by atoms with van der Waals surface area (Å²) in [5.74, 6) is -3.17. The summed E-state index contributed by atoms with van der Waals surface area (Å²) in [6.45, 7) is 1.81. The molecule has 1 aliphatic heterocycles. The van der Waals surface area contributed by atoms with Gasteiger partial charge in [0.2, 0.25) is 12.2 Å². The first kappa shape index (κ1) is 21.0. The first-order valence-corrected chi connectivity index (χ1v) is 9.92. The van der Waals surface area contributed by atoms with E-state index >= 15 is 0 Å². The fourth-order valence-electron chi connectivity index (χ4n) is 3.38. The number of amides is 2. The lowest BCUT2D eigenvalue weighted by Gasteiger charge is -2.16. The van der Waals surface area contributed by atoms with Gasteiger partial charge < -0.3 is 9.47 Å². The Morgan fingerprint density at radius 1 is 0.688 bits per heavy atom. The summed E-state index contributed by atoms with van der Waals surface area (Å²) < 4.78 is 10.8. The Labute approximate surface area is 184 Å². The predicted octanol–water partition coefficient (Wildman–Crippen LogP) is 3.32. The summed E-state index contributed by atoms with van der Waals surface area (Å²) in [6, 6.07) is 22.8. The molecule has 2 amide bonds. The van der Waals surface area contributed by atoms with Gasteiger partial charge in [-0.1, -0.05) is 48.5 Å². The molecule has 32 heavy (non-hydrogen) atoms. The fourth-order valence-corrected chi connectivity index (χ4v) is 3.38. The summed E-state index contributed by atoms with van der Waals surface area (Å²) in [5, 5.41) is 0. The van der Waals surface area contributed by atoms with Crippen molar-refractivity contribution in [3.8, 4) is 0 Å². The zero-order valence-electron chi connectivity index (χ0n) is 17.1. The number of rotatable bonds is 5. The minimum atomic E-state index is -1.61. The SMILES string of the molecule is Cc1cccc(N2C(=O)[C@@H](OC(=O)c3ccccc3)[C@@H](OC(=O)c3ccccc3)C2=O)c1. The van der Waals surface area contributed by atoms with E-state index in [4.69, 9.17) is 9.47 Å². The van der Waals surface area contributed by atoms with Crippen LogP contribution in [0.3, 0.4) is 0 Å². The van der Waals surface area contributed by atoms with E-state index in [1.807, 2.05) is 13.0 Å². The van der Waals surface area contributed by atoms with Crippen molar-refractivity contribution in [1.29, 1.82) is 0 Å². The van der Waals surface area contributed by atoms with E-state index in [0.29, 0.717) is 5.69 Å². The van der Waals surface area contributed by atoms with Crippen molar-refractivity contribution >= 4 is 29.4 Å². The molecule has 0 bridgehead atoms. The maximum atomic E-state index is 13.2. The zero-order chi connectivity index (χ0) is 22.7. The van der Waals surface area contributed by atoms with Crippen LogP contribution in [0.1, 0.15) is 26.3 Å². The van der Waals surface area contributed by atoms with Gasteiger partial charge in [-0.05, 0) is 48.9 Å². The third kappa shape index (κ3) is 4.13. The number of carbonyl (C=O) groups is 4. The standard InChI is InChI=1S/C25H19NO6/c1-16-9-8-14-19(15-16)26-22(27)20(31-24(29)17-10-4-2-5-11-17)21(23(26)28)32-25(30)18-12-6-3-7-13-18/h2-15,20-21H,1H3/t20-,21+. The van der Waals surface area contributed by atoms with Crippen LogP contribution in [0.25, 0.3) is 0 Å². The normalized spacial score (nSPS) is 17.8. The van der Waals surface area contributed by atoms with Crippen LogP contribution in [-0.2, 0) is 19.1 Å². The fraction of sp³-hybridized carbons (Fsp3) is 0.120. The third-order valence-corrected chi connectivity index (χ3v) is 4.95. The third-order valence-electron chi connectivity index (χ3n) is 4.95. The van der Waals surface area contributed by atoms with E-state index in [2.05, 4.69) is 0 Å². The van der Waals surface area contributed by atoms with Crippen molar-refractivity contribution in [1.82, 2.24) is 0 Å². The van der Waals surface area contributed by atoms with E-state index in [1.54, 1.807) is 54.6 Å². The van der Waals surface area contributed by atoms with Crippen molar-refractivity contribution in [3.05, 3.63) is 102 Å². The van der Waals surface area contributed by atoms with Crippen LogP contribution in [0.5, 0.6) is 0 Å². The highest BCUT2D eigenvalue weighted by Crippen LogP contribution is 2.28. The van der Waals surface area contributed by atoms with E-state index in [-0.39, 0.29) is 11.1 Å². The Morgan fingerprint density at radius 2 is 1.16 bits per heavy atom. The molecule has 0 N–H and O–H groups in total. The minimum absolute atomic E-state index is 0.204. The van der Waals surface area contributed by atoms with E-state index in [9.17, 15) is 19.2 Å². The van der Waals surface area contributed by atoms with Gasteiger partial charge >= 0.3 is 11.9 Å². The summed E-state index contributed by atoms with van der Waals surface area (Å²) in [4.78, 5) is 52.4. The topological polar surface area (TPSA) is 90.0 Å². The van der Waals surface area contributed by atoms with Crippen molar-refractivity contribution in [2.75, 3.05) is 4.90 Å². The van der Waals surface area contributed by atoms with E-state index in [1.165, 1.54) is 24.3 Å². The molecular weight excluding hydrogens is 410 g/mol. The highest BCUT2D eigenvalue weighted by atomic mass is 16.6. The number of benzene rings is 3. The van der Waals surface area contributed by atoms with Gasteiger partial charge in [0, 0.05) is 0 Å². The smallest absolute Gasteiger partial charge is 0.339 e. The van der Waals surface area contributed by atoms with Gasteiger partial charge in [-0.15, -0.1) is 0 Å². The molecule has 2 atom stereocenters. The van der Waals surface area contributed by atoms with Crippen molar-refractivity contribution in [2.24, 2.45) is 0 Å². The number of hydrogen-bond acceptors (Lipinski definition) is 6. The molecule has 7 nitrogen and oxygen atoms in total. The highest BCUT2D eigenvalue weighted by Gasteiger charge is 2.53. The number of carbonyl (C=O) groups excluding carboxylic acids is 4. The van der Waals surface area contributed by atoms with Gasteiger partial charge in [0.25, 0.3) is 11.8 Å². The average molecular weight is 429 g/mol. The Morgan fingerprint density at radius 3 is 1.59 bits per heavy atom. The van der Waals surface area contributed by atoms with Gasteiger partial charge in [-0.25, -0.2) is 14.5 Å². The molecule has 1 heterocycles. The molecule has 3 aromatic carbocycles. The van der Waals surface area contributed by atoms with E-state index < -0.39 is 36.0 Å². The maximum Gasteiger partial charge on any atom is 0.339 e. The predicted molar refractivity (Wildman–Crippen MR) is 115 cm³/mol. The first-order valence-electron chi connectivity index (χ1n) is 9.92. The monoisotopic (exact) mass is 429 g/mol. The largest absolute Gasteiger partial charge is 0.444 e. The number of aryl methyl sites for hydroxylation is 1. The average Bonchev–Trinajstić information content (AvgIpc) is 3.04. The molecule has 0 aromatic heterocycles. The van der Waals surface area contributed by atoms with Crippen LogP contribution < -0.4 is 4.90 Å². The Hall–Kier alpha value is -4.26. The van der Waals surface area contributed by atoms with Crippen LogP contribution in [0.2, 0.25) is 0 Å². The molecular formula is C25H19NO6. The second kappa shape index (κ2) is 8.85. The van der Waals surface area contributed by atoms with Crippen LogP contribution in [0.15, 0.2) is 84.9 Å². The lowest BCUT2D eigenvalue weighted by atomic mass is 10.2. The lowest BCUT2D eigenvalue weighted by Crippen LogP contribution is -2.37. The summed E-state index contributed by atoms with van der Waals surface area (Å²) >= 11 is 0. The molecule has 0 spiro atoms. The number of imide groups is 1.